The second-order valence-corrected chi connectivity index (χ2v) is 8.85. The Morgan fingerprint density at radius 3 is 2.45 bits per heavy atom. The number of benzene rings is 2. The Kier molecular flexibility index (Phi) is 7.44. The minimum absolute atomic E-state index is 0.0723. The van der Waals surface area contributed by atoms with Crippen molar-refractivity contribution < 1.29 is 9.59 Å². The molecule has 1 unspecified atom stereocenters. The molecule has 0 aliphatic carbocycles. The van der Waals surface area contributed by atoms with Gasteiger partial charge in [0.1, 0.15) is 0 Å². The van der Waals surface area contributed by atoms with Crippen LogP contribution in [-0.2, 0) is 4.79 Å². The van der Waals surface area contributed by atoms with Crippen LogP contribution in [0.15, 0.2) is 30.3 Å². The number of nitrogens with one attached hydrogen (secondary N) is 3. The van der Waals surface area contributed by atoms with Gasteiger partial charge < -0.3 is 20.9 Å². The maximum absolute atomic E-state index is 12.3. The van der Waals surface area contributed by atoms with Crippen LogP contribution < -0.4 is 20.9 Å². The summed E-state index contributed by atoms with van der Waals surface area (Å²) in [5.41, 5.74) is 6.33. The van der Waals surface area contributed by atoms with Crippen LogP contribution in [0.1, 0.15) is 28.7 Å². The molecule has 1 aliphatic rings. The predicted octanol–water partition coefficient (Wildman–Crippen LogP) is 4.34. The molecule has 1 atom stereocenters. The summed E-state index contributed by atoms with van der Waals surface area (Å²) in [5, 5.41) is 9.16. The molecule has 1 saturated heterocycles. The summed E-state index contributed by atoms with van der Waals surface area (Å²) in [7, 11) is 0. The Hall–Kier alpha value is -2.73. The van der Waals surface area contributed by atoms with Crippen molar-refractivity contribution in [3.05, 3.63) is 57.6 Å². The van der Waals surface area contributed by atoms with E-state index in [0.717, 1.165) is 52.6 Å². The van der Waals surface area contributed by atoms with E-state index in [-0.39, 0.29) is 18.5 Å². The molecule has 6 nitrogen and oxygen atoms in total. The van der Waals surface area contributed by atoms with Gasteiger partial charge in [-0.25, -0.2) is 4.79 Å². The minimum atomic E-state index is -0.329. The number of urea groups is 1. The van der Waals surface area contributed by atoms with Crippen molar-refractivity contribution >= 4 is 34.9 Å². The van der Waals surface area contributed by atoms with Crippen LogP contribution in [-0.4, -0.2) is 38.1 Å². The van der Waals surface area contributed by atoms with E-state index in [1.165, 1.54) is 5.56 Å². The number of carbonyl (C=O) groups is 2. The molecule has 3 N–H and O–H groups in total. The molecule has 31 heavy (non-hydrogen) atoms. The molecule has 0 saturated carbocycles. The largest absolute Gasteiger partial charge is 0.371 e. The molecular formula is C24H31ClN4O2. The average molecular weight is 443 g/mol. The standard InChI is InChI=1S/C24H31ClN4O2/c1-15-9-17(3)23(18(4)10-15)28-22(30)13-27-24(31)26-12-19-7-8-29(14-19)21-11-20(25)6-5-16(21)2/h5-6,9-11,19H,7-8,12-14H2,1-4H3,(H,28,30)(H2,26,27,31). The molecule has 7 heteroatoms. The highest BCUT2D eigenvalue weighted by Gasteiger charge is 2.24. The number of halogens is 1. The first-order valence-electron chi connectivity index (χ1n) is 10.6. The number of carbonyl (C=O) groups excluding carboxylic acids is 2. The first-order valence-corrected chi connectivity index (χ1v) is 11.0. The first kappa shape index (κ1) is 22.9. The van der Waals surface area contributed by atoms with E-state index < -0.39 is 0 Å². The number of hydrogen-bond donors (Lipinski definition) is 3. The summed E-state index contributed by atoms with van der Waals surface area (Å²) in [6.45, 7) is 10.3. The van der Waals surface area contributed by atoms with Crippen LogP contribution in [0.25, 0.3) is 0 Å². The molecule has 2 aromatic carbocycles. The van der Waals surface area contributed by atoms with Gasteiger partial charge in [-0.1, -0.05) is 35.4 Å². The van der Waals surface area contributed by atoms with Crippen LogP contribution in [0.2, 0.25) is 5.02 Å². The maximum atomic E-state index is 12.3. The fraction of sp³-hybridized carbons (Fsp3) is 0.417. The highest BCUT2D eigenvalue weighted by Crippen LogP contribution is 2.29. The van der Waals surface area contributed by atoms with Crippen molar-refractivity contribution in [1.82, 2.24) is 10.6 Å². The van der Waals surface area contributed by atoms with Gasteiger partial charge in [-0.15, -0.1) is 0 Å². The van der Waals surface area contributed by atoms with E-state index in [2.05, 4.69) is 27.8 Å². The Labute approximate surface area is 189 Å². The molecule has 0 bridgehead atoms. The van der Waals surface area contributed by atoms with E-state index in [4.69, 9.17) is 11.6 Å². The predicted molar refractivity (Wildman–Crippen MR) is 127 cm³/mol. The van der Waals surface area contributed by atoms with Crippen LogP contribution in [0, 0.1) is 33.6 Å². The van der Waals surface area contributed by atoms with Crippen LogP contribution in [0.3, 0.4) is 0 Å². The van der Waals surface area contributed by atoms with Crippen LogP contribution >= 0.6 is 11.6 Å². The normalized spacial score (nSPS) is 15.6. The highest BCUT2D eigenvalue weighted by atomic mass is 35.5. The molecule has 0 spiro atoms. The molecule has 0 aromatic heterocycles. The average Bonchev–Trinajstić information content (AvgIpc) is 3.18. The molecule has 2 aromatic rings. The fourth-order valence-corrected chi connectivity index (χ4v) is 4.33. The Bertz CT molecular complexity index is 953. The molecule has 3 amide bonds. The van der Waals surface area contributed by atoms with Crippen LogP contribution in [0.4, 0.5) is 16.2 Å². The summed E-state index contributed by atoms with van der Waals surface area (Å²) < 4.78 is 0. The SMILES string of the molecule is Cc1cc(C)c(NC(=O)CNC(=O)NCC2CCN(c3cc(Cl)ccc3C)C2)c(C)c1. The smallest absolute Gasteiger partial charge is 0.315 e. The van der Waals surface area contributed by atoms with E-state index in [9.17, 15) is 9.59 Å². The molecule has 0 radical (unpaired) electrons. The lowest BCUT2D eigenvalue weighted by Gasteiger charge is -2.21. The monoisotopic (exact) mass is 442 g/mol. The summed E-state index contributed by atoms with van der Waals surface area (Å²) in [6, 6.07) is 9.65. The van der Waals surface area contributed by atoms with Crippen molar-refractivity contribution in [2.24, 2.45) is 5.92 Å². The zero-order chi connectivity index (χ0) is 22.5. The number of hydrogen-bond acceptors (Lipinski definition) is 3. The van der Waals surface area contributed by atoms with Gasteiger partial charge >= 0.3 is 6.03 Å². The van der Waals surface area contributed by atoms with Gasteiger partial charge in [0.15, 0.2) is 0 Å². The maximum Gasteiger partial charge on any atom is 0.315 e. The zero-order valence-electron chi connectivity index (χ0n) is 18.6. The Morgan fingerprint density at radius 2 is 1.74 bits per heavy atom. The Balaban J connectivity index is 1.42. The molecule has 1 heterocycles. The number of rotatable bonds is 6. The van der Waals surface area contributed by atoms with E-state index in [0.29, 0.717) is 12.5 Å². The highest BCUT2D eigenvalue weighted by molar-refractivity contribution is 6.30. The second kappa shape index (κ2) is 10.1. The minimum Gasteiger partial charge on any atom is -0.371 e. The van der Waals surface area contributed by atoms with Gasteiger partial charge in [0.2, 0.25) is 5.91 Å². The summed E-state index contributed by atoms with van der Waals surface area (Å²) in [5.74, 6) is 0.115. The summed E-state index contributed by atoms with van der Waals surface area (Å²) >= 11 is 6.15. The third-order valence-corrected chi connectivity index (χ3v) is 5.94. The van der Waals surface area contributed by atoms with Gasteiger partial charge in [0.05, 0.1) is 6.54 Å². The van der Waals surface area contributed by atoms with Crippen molar-refractivity contribution in [2.45, 2.75) is 34.1 Å². The lowest BCUT2D eigenvalue weighted by molar-refractivity contribution is -0.115. The van der Waals surface area contributed by atoms with E-state index in [1.807, 2.05) is 51.1 Å². The quantitative estimate of drug-likeness (QED) is 0.623. The number of aryl methyl sites for hydroxylation is 4. The third kappa shape index (κ3) is 6.14. The van der Waals surface area contributed by atoms with Crippen molar-refractivity contribution in [3.63, 3.8) is 0 Å². The van der Waals surface area contributed by atoms with Crippen molar-refractivity contribution in [3.8, 4) is 0 Å². The lowest BCUT2D eigenvalue weighted by Crippen LogP contribution is -2.42. The molecule has 3 rings (SSSR count). The molecule has 166 valence electrons. The number of amides is 3. The fourth-order valence-electron chi connectivity index (χ4n) is 4.16. The third-order valence-electron chi connectivity index (χ3n) is 5.70. The Morgan fingerprint density at radius 1 is 1.03 bits per heavy atom. The molecule has 1 fully saturated rings. The van der Waals surface area contributed by atoms with Gasteiger partial charge in [0, 0.05) is 36.0 Å². The molecular weight excluding hydrogens is 412 g/mol. The topological polar surface area (TPSA) is 73.5 Å². The van der Waals surface area contributed by atoms with E-state index in [1.54, 1.807) is 0 Å². The van der Waals surface area contributed by atoms with E-state index >= 15 is 0 Å². The van der Waals surface area contributed by atoms with Crippen LogP contribution in [0.5, 0.6) is 0 Å². The first-order chi connectivity index (χ1) is 14.7. The summed E-state index contributed by atoms with van der Waals surface area (Å²) in [6.07, 6.45) is 0.999. The lowest BCUT2D eigenvalue weighted by atomic mass is 10.1. The second-order valence-electron chi connectivity index (χ2n) is 8.42. The van der Waals surface area contributed by atoms with Crippen molar-refractivity contribution in [2.75, 3.05) is 36.4 Å². The number of anilines is 2. The van der Waals surface area contributed by atoms with Gasteiger partial charge in [0.25, 0.3) is 0 Å². The summed E-state index contributed by atoms with van der Waals surface area (Å²) in [4.78, 5) is 26.7. The van der Waals surface area contributed by atoms with Gasteiger partial charge in [-0.3, -0.25) is 4.79 Å². The number of nitrogens with zero attached hydrogens (tertiary/aromatic N) is 1. The molecule has 1 aliphatic heterocycles. The zero-order valence-corrected chi connectivity index (χ0v) is 19.4. The van der Waals surface area contributed by atoms with Gasteiger partial charge in [-0.2, -0.15) is 0 Å². The van der Waals surface area contributed by atoms with Crippen molar-refractivity contribution in [1.29, 1.82) is 0 Å². The van der Waals surface area contributed by atoms with Gasteiger partial charge in [-0.05, 0) is 68.9 Å².